The van der Waals surface area contributed by atoms with Gasteiger partial charge in [-0.1, -0.05) is 61.5 Å². The molecule has 2 bridgehead atoms. The summed E-state index contributed by atoms with van der Waals surface area (Å²) in [6, 6.07) is 15.5. The molecular weight excluding hydrogens is 524 g/mol. The van der Waals surface area contributed by atoms with E-state index >= 15 is 0 Å². The second-order valence-corrected chi connectivity index (χ2v) is 11.7. The van der Waals surface area contributed by atoms with Crippen molar-refractivity contribution in [3.8, 4) is 0 Å². The van der Waals surface area contributed by atoms with E-state index in [1.807, 2.05) is 68.4 Å². The van der Waals surface area contributed by atoms with Crippen molar-refractivity contribution >= 4 is 28.8 Å². The molecule has 11 nitrogen and oxygen atoms in total. The third-order valence-corrected chi connectivity index (χ3v) is 8.77. The Kier molecular flexibility index (Phi) is 7.25. The summed E-state index contributed by atoms with van der Waals surface area (Å²) in [5, 5.41) is 24.6. The highest BCUT2D eigenvalue weighted by molar-refractivity contribution is 5.99. The molecule has 2 unspecified atom stereocenters. The second kappa shape index (κ2) is 10.9. The summed E-state index contributed by atoms with van der Waals surface area (Å²) in [5.41, 5.74) is 1.28. The van der Waals surface area contributed by atoms with Crippen LogP contribution in [-0.4, -0.2) is 73.1 Å². The number of amides is 3. The summed E-state index contributed by atoms with van der Waals surface area (Å²) in [7, 11) is 0. The maximum absolute atomic E-state index is 14.2. The Morgan fingerprint density at radius 3 is 2.61 bits per heavy atom. The van der Waals surface area contributed by atoms with Crippen LogP contribution < -0.4 is 10.6 Å². The third kappa shape index (κ3) is 4.66. The number of rotatable bonds is 10. The quantitative estimate of drug-likeness (QED) is 0.342. The van der Waals surface area contributed by atoms with Gasteiger partial charge in [0.05, 0.1) is 36.1 Å². The van der Waals surface area contributed by atoms with Crippen molar-refractivity contribution in [3.63, 3.8) is 0 Å². The topological polar surface area (TPSA) is 139 Å². The highest BCUT2D eigenvalue weighted by atomic mass is 16.5. The first-order valence-corrected chi connectivity index (χ1v) is 14.3. The molecule has 1 spiro atoms. The summed E-state index contributed by atoms with van der Waals surface area (Å²) in [6.45, 7) is 4.11. The highest BCUT2D eigenvalue weighted by Crippen LogP contribution is 2.58. The van der Waals surface area contributed by atoms with Gasteiger partial charge >= 0.3 is 0 Å². The van der Waals surface area contributed by atoms with Crippen LogP contribution >= 0.6 is 0 Å². The molecule has 6 rings (SSSR count). The maximum Gasteiger partial charge on any atom is 0.247 e. The van der Waals surface area contributed by atoms with Crippen LogP contribution in [0.25, 0.3) is 11.0 Å². The molecule has 3 aliphatic rings. The van der Waals surface area contributed by atoms with Crippen LogP contribution in [-0.2, 0) is 32.3 Å². The Bertz CT molecular complexity index is 1440. The van der Waals surface area contributed by atoms with Crippen molar-refractivity contribution in [2.75, 3.05) is 6.61 Å². The van der Waals surface area contributed by atoms with Gasteiger partial charge < -0.3 is 25.4 Å². The third-order valence-electron chi connectivity index (χ3n) is 8.77. The number of hydrogen-bond acceptors (Lipinski definition) is 7. The number of fused-ring (bicyclic) bond motifs is 2. The van der Waals surface area contributed by atoms with E-state index in [1.54, 1.807) is 4.68 Å². The minimum atomic E-state index is -1.14. The van der Waals surface area contributed by atoms with Gasteiger partial charge in [0.15, 0.2) is 0 Å². The number of aliphatic hydroxyl groups is 1. The van der Waals surface area contributed by atoms with Crippen LogP contribution in [0.15, 0.2) is 54.6 Å². The molecule has 4 heterocycles. The zero-order valence-electron chi connectivity index (χ0n) is 23.3. The Morgan fingerprint density at radius 2 is 1.85 bits per heavy atom. The molecule has 0 radical (unpaired) electrons. The molecule has 216 valence electrons. The molecule has 41 heavy (non-hydrogen) atoms. The number of hydrogen-bond donors (Lipinski definition) is 3. The normalized spacial score (nSPS) is 27.4. The van der Waals surface area contributed by atoms with Crippen molar-refractivity contribution in [1.29, 1.82) is 0 Å². The molecule has 0 aliphatic carbocycles. The average Bonchev–Trinajstić information content (AvgIpc) is 3.73. The number of benzene rings is 2. The predicted molar refractivity (Wildman–Crippen MR) is 149 cm³/mol. The Morgan fingerprint density at radius 1 is 1.10 bits per heavy atom. The van der Waals surface area contributed by atoms with E-state index in [9.17, 15) is 19.5 Å². The van der Waals surface area contributed by atoms with Crippen molar-refractivity contribution in [1.82, 2.24) is 30.5 Å². The predicted octanol–water partition coefficient (Wildman–Crippen LogP) is 1.60. The highest BCUT2D eigenvalue weighted by Gasteiger charge is 2.75. The first-order chi connectivity index (χ1) is 19.8. The van der Waals surface area contributed by atoms with Crippen LogP contribution in [0.2, 0.25) is 0 Å². The Hall–Kier alpha value is -3.83. The number of likely N-dealkylation sites (tertiary alicyclic amines) is 1. The van der Waals surface area contributed by atoms with E-state index in [0.717, 1.165) is 11.1 Å². The van der Waals surface area contributed by atoms with E-state index in [2.05, 4.69) is 20.9 Å². The van der Waals surface area contributed by atoms with Gasteiger partial charge in [-0.2, -0.15) is 0 Å². The van der Waals surface area contributed by atoms with Crippen molar-refractivity contribution < 1.29 is 24.2 Å². The van der Waals surface area contributed by atoms with Crippen LogP contribution in [0.3, 0.4) is 0 Å². The molecule has 3 fully saturated rings. The molecule has 6 atom stereocenters. The molecule has 0 saturated carbocycles. The SMILES string of the molecule is CC(C)C[C@H](CO)N1C(=O)[C@@H]2[C@@H](C(=O)NCc3ccccc3)[C@H]3CCC2(O3)C1C(=O)NCn1nnc2ccccc21. The molecule has 3 aliphatic heterocycles. The summed E-state index contributed by atoms with van der Waals surface area (Å²) in [4.78, 5) is 43.3. The first kappa shape index (κ1) is 27.3. The van der Waals surface area contributed by atoms with E-state index in [1.165, 1.54) is 4.90 Å². The zero-order valence-corrected chi connectivity index (χ0v) is 23.3. The van der Waals surface area contributed by atoms with Gasteiger partial charge in [-0.3, -0.25) is 14.4 Å². The molecule has 3 saturated heterocycles. The first-order valence-electron chi connectivity index (χ1n) is 14.3. The molecule has 3 aromatic rings. The molecule has 1 aromatic heterocycles. The number of carbonyl (C=O) groups is 3. The lowest BCUT2D eigenvalue weighted by molar-refractivity contribution is -0.146. The smallest absolute Gasteiger partial charge is 0.247 e. The monoisotopic (exact) mass is 560 g/mol. The van der Waals surface area contributed by atoms with Crippen molar-refractivity contribution in [3.05, 3.63) is 60.2 Å². The average molecular weight is 561 g/mol. The number of carbonyl (C=O) groups excluding carboxylic acids is 3. The van der Waals surface area contributed by atoms with E-state index in [-0.39, 0.29) is 31.0 Å². The molecular formula is C30H36N6O5. The van der Waals surface area contributed by atoms with E-state index in [0.29, 0.717) is 31.3 Å². The lowest BCUT2D eigenvalue weighted by Crippen LogP contribution is -2.58. The van der Waals surface area contributed by atoms with Gasteiger partial charge in [0.2, 0.25) is 17.7 Å². The van der Waals surface area contributed by atoms with Gasteiger partial charge in [0.25, 0.3) is 0 Å². The van der Waals surface area contributed by atoms with Gasteiger partial charge in [-0.25, -0.2) is 4.68 Å². The van der Waals surface area contributed by atoms with Crippen molar-refractivity contribution in [2.24, 2.45) is 17.8 Å². The van der Waals surface area contributed by atoms with Crippen LogP contribution in [0.1, 0.15) is 38.7 Å². The minimum Gasteiger partial charge on any atom is -0.394 e. The fraction of sp³-hybridized carbons (Fsp3) is 0.500. The lowest BCUT2D eigenvalue weighted by atomic mass is 9.70. The second-order valence-electron chi connectivity index (χ2n) is 11.7. The number of aliphatic hydroxyl groups excluding tert-OH is 1. The van der Waals surface area contributed by atoms with Crippen molar-refractivity contribution in [2.45, 2.75) is 70.1 Å². The molecule has 2 aromatic carbocycles. The summed E-state index contributed by atoms with van der Waals surface area (Å²) >= 11 is 0. The lowest BCUT2D eigenvalue weighted by Gasteiger charge is -2.37. The largest absolute Gasteiger partial charge is 0.394 e. The zero-order chi connectivity index (χ0) is 28.7. The van der Waals surface area contributed by atoms with Crippen LogP contribution in [0, 0.1) is 17.8 Å². The Labute approximate surface area is 238 Å². The molecule has 11 heteroatoms. The van der Waals surface area contributed by atoms with Gasteiger partial charge in [0.1, 0.15) is 23.8 Å². The Balaban J connectivity index is 1.29. The molecule has 3 N–H and O–H groups in total. The summed E-state index contributed by atoms with van der Waals surface area (Å²) in [5.74, 6) is -2.30. The molecule has 3 amide bonds. The summed E-state index contributed by atoms with van der Waals surface area (Å²) in [6.07, 6.45) is 1.12. The van der Waals surface area contributed by atoms with Gasteiger partial charge in [-0.15, -0.1) is 5.10 Å². The van der Waals surface area contributed by atoms with E-state index in [4.69, 9.17) is 4.74 Å². The fourth-order valence-electron chi connectivity index (χ4n) is 7.09. The number of para-hydroxylation sites is 1. The van der Waals surface area contributed by atoms with Crippen LogP contribution in [0.5, 0.6) is 0 Å². The number of aromatic nitrogens is 3. The number of nitrogens with one attached hydrogen (secondary N) is 2. The standard InChI is InChI=1S/C30H36N6O5/c1-18(2)14-20(16-37)36-26(28(39)32-17-35-22-11-7-6-10-21(22)33-34-35)30-13-12-23(41-30)24(25(30)29(36)40)27(38)31-15-19-8-4-3-5-9-19/h3-11,18,20,23-26,37H,12-17H2,1-2H3,(H,31,38)(H,32,39)/t20-,23-,24+,25+,26?,30?/m1/s1. The fourth-order valence-corrected chi connectivity index (χ4v) is 7.09. The van der Waals surface area contributed by atoms with Crippen LogP contribution in [0.4, 0.5) is 0 Å². The van der Waals surface area contributed by atoms with Gasteiger partial charge in [-0.05, 0) is 42.9 Å². The number of nitrogens with zero attached hydrogens (tertiary/aromatic N) is 4. The number of ether oxygens (including phenoxy) is 1. The summed E-state index contributed by atoms with van der Waals surface area (Å²) < 4.78 is 8.10. The van der Waals surface area contributed by atoms with E-state index < -0.39 is 41.5 Å². The van der Waals surface area contributed by atoms with Gasteiger partial charge in [0, 0.05) is 6.54 Å². The maximum atomic E-state index is 14.2. The minimum absolute atomic E-state index is 0.0526.